The number of allylic oxidation sites excluding steroid dienone is 1. The summed E-state index contributed by atoms with van der Waals surface area (Å²) in [6.45, 7) is 3.55. The Labute approximate surface area is 166 Å². The standard InChI is InChI=1S/C19H26N2O5S2/c1-14-12-17(21-18(22)9-11-27(21,23)24)13-15(2)19(14)28(25,26)20-10-8-16-6-4-3-5-7-16/h6,12-13,20H,3-5,7-11H2,1-2H3. The van der Waals surface area contributed by atoms with Crippen molar-refractivity contribution in [2.24, 2.45) is 0 Å². The first-order chi connectivity index (χ1) is 13.1. The molecule has 1 N–H and O–H groups in total. The zero-order valence-electron chi connectivity index (χ0n) is 16.2. The van der Waals surface area contributed by atoms with Gasteiger partial charge in [0.1, 0.15) is 0 Å². The lowest BCUT2D eigenvalue weighted by molar-refractivity contribution is -0.116. The molecule has 1 heterocycles. The molecule has 1 saturated heterocycles. The van der Waals surface area contributed by atoms with E-state index in [-0.39, 0.29) is 22.8 Å². The molecule has 1 fully saturated rings. The topological polar surface area (TPSA) is 101 Å². The summed E-state index contributed by atoms with van der Waals surface area (Å²) >= 11 is 0. The molecule has 3 rings (SSSR count). The Hall–Kier alpha value is -1.71. The first-order valence-electron chi connectivity index (χ1n) is 9.46. The smallest absolute Gasteiger partial charge is 0.242 e. The predicted octanol–water partition coefficient (Wildman–Crippen LogP) is 2.54. The second kappa shape index (κ2) is 7.96. The van der Waals surface area contributed by atoms with Gasteiger partial charge in [0.15, 0.2) is 0 Å². The summed E-state index contributed by atoms with van der Waals surface area (Å²) in [5.74, 6) is -0.713. The number of carbonyl (C=O) groups is 1. The third-order valence-corrected chi connectivity index (χ3v) is 8.61. The molecular formula is C19H26N2O5S2. The minimum atomic E-state index is -3.74. The molecule has 0 saturated carbocycles. The first kappa shape index (κ1) is 21.0. The van der Waals surface area contributed by atoms with Crippen molar-refractivity contribution >= 4 is 31.6 Å². The minimum Gasteiger partial charge on any atom is -0.273 e. The Morgan fingerprint density at radius 1 is 1.11 bits per heavy atom. The van der Waals surface area contributed by atoms with Crippen molar-refractivity contribution in [1.29, 1.82) is 0 Å². The summed E-state index contributed by atoms with van der Waals surface area (Å²) in [6.07, 6.45) is 7.24. The summed E-state index contributed by atoms with van der Waals surface area (Å²) in [4.78, 5) is 12.1. The molecule has 0 unspecified atom stereocenters. The van der Waals surface area contributed by atoms with Gasteiger partial charge >= 0.3 is 0 Å². The molecule has 1 aliphatic carbocycles. The maximum atomic E-state index is 12.8. The second-order valence-electron chi connectivity index (χ2n) is 7.39. The average molecular weight is 427 g/mol. The number of anilines is 1. The van der Waals surface area contributed by atoms with Crippen LogP contribution in [0.3, 0.4) is 0 Å². The van der Waals surface area contributed by atoms with Crippen molar-refractivity contribution in [1.82, 2.24) is 4.72 Å². The highest BCUT2D eigenvalue weighted by molar-refractivity contribution is 7.94. The molecular weight excluding hydrogens is 400 g/mol. The number of nitrogens with zero attached hydrogens (tertiary/aromatic N) is 1. The van der Waals surface area contributed by atoms with E-state index < -0.39 is 26.0 Å². The third kappa shape index (κ3) is 4.31. The van der Waals surface area contributed by atoms with Crippen LogP contribution in [0.25, 0.3) is 0 Å². The summed E-state index contributed by atoms with van der Waals surface area (Å²) < 4.78 is 53.3. The highest BCUT2D eigenvalue weighted by Crippen LogP contribution is 2.31. The lowest BCUT2D eigenvalue weighted by Gasteiger charge is -2.19. The number of rotatable bonds is 6. The van der Waals surface area contributed by atoms with E-state index >= 15 is 0 Å². The molecule has 154 valence electrons. The zero-order chi connectivity index (χ0) is 20.5. The molecule has 2 aliphatic rings. The molecule has 7 nitrogen and oxygen atoms in total. The van der Waals surface area contributed by atoms with E-state index in [1.54, 1.807) is 13.8 Å². The van der Waals surface area contributed by atoms with Gasteiger partial charge in [0.2, 0.25) is 26.0 Å². The maximum absolute atomic E-state index is 12.8. The number of amides is 1. The van der Waals surface area contributed by atoms with Gasteiger partial charge in [0, 0.05) is 13.0 Å². The van der Waals surface area contributed by atoms with Crippen LogP contribution in [0.5, 0.6) is 0 Å². The van der Waals surface area contributed by atoms with Crippen LogP contribution in [0.2, 0.25) is 0 Å². The zero-order valence-corrected chi connectivity index (χ0v) is 17.8. The summed E-state index contributed by atoms with van der Waals surface area (Å²) in [5.41, 5.74) is 2.31. The van der Waals surface area contributed by atoms with Crippen molar-refractivity contribution in [3.8, 4) is 0 Å². The summed E-state index contributed by atoms with van der Waals surface area (Å²) in [5, 5.41) is 0. The van der Waals surface area contributed by atoms with E-state index in [2.05, 4.69) is 10.8 Å². The Bertz CT molecular complexity index is 1000. The highest BCUT2D eigenvalue weighted by atomic mass is 32.2. The van der Waals surface area contributed by atoms with E-state index in [0.717, 1.165) is 23.6 Å². The van der Waals surface area contributed by atoms with Gasteiger partial charge in [0.25, 0.3) is 0 Å². The lowest BCUT2D eigenvalue weighted by Crippen LogP contribution is -2.30. The maximum Gasteiger partial charge on any atom is 0.242 e. The van der Waals surface area contributed by atoms with Crippen LogP contribution in [0.4, 0.5) is 5.69 Å². The predicted molar refractivity (Wildman–Crippen MR) is 108 cm³/mol. The van der Waals surface area contributed by atoms with Crippen LogP contribution < -0.4 is 9.03 Å². The second-order valence-corrected chi connectivity index (χ2v) is 11.0. The van der Waals surface area contributed by atoms with Crippen LogP contribution in [0.1, 0.15) is 49.7 Å². The molecule has 0 atom stereocenters. The molecule has 0 aromatic heterocycles. The number of hydrogen-bond acceptors (Lipinski definition) is 5. The van der Waals surface area contributed by atoms with Gasteiger partial charge in [-0.1, -0.05) is 11.6 Å². The third-order valence-electron chi connectivity index (χ3n) is 5.15. The normalized spacial score (nSPS) is 19.7. The van der Waals surface area contributed by atoms with Gasteiger partial charge in [-0.25, -0.2) is 25.9 Å². The van der Waals surface area contributed by atoms with Gasteiger partial charge in [-0.15, -0.1) is 0 Å². The fraction of sp³-hybridized carbons (Fsp3) is 0.526. The van der Waals surface area contributed by atoms with Gasteiger partial charge < -0.3 is 0 Å². The van der Waals surface area contributed by atoms with Crippen molar-refractivity contribution in [3.05, 3.63) is 34.9 Å². The number of carbonyl (C=O) groups excluding carboxylic acids is 1. The van der Waals surface area contributed by atoms with Crippen molar-refractivity contribution in [2.45, 2.75) is 57.3 Å². The van der Waals surface area contributed by atoms with Crippen LogP contribution in [-0.4, -0.2) is 35.0 Å². The fourth-order valence-corrected chi connectivity index (χ4v) is 6.81. The largest absolute Gasteiger partial charge is 0.273 e. The van der Waals surface area contributed by atoms with E-state index in [1.165, 1.54) is 24.1 Å². The van der Waals surface area contributed by atoms with Gasteiger partial charge in [-0.2, -0.15) is 0 Å². The number of benzene rings is 1. The van der Waals surface area contributed by atoms with Crippen LogP contribution >= 0.6 is 0 Å². The molecule has 1 amide bonds. The van der Waals surface area contributed by atoms with E-state index in [9.17, 15) is 21.6 Å². The SMILES string of the molecule is Cc1cc(N2C(=O)CCS2(=O)=O)cc(C)c1S(=O)(=O)NCCC1=CCCCC1. The first-order valence-corrected chi connectivity index (χ1v) is 12.6. The molecule has 0 spiro atoms. The van der Waals surface area contributed by atoms with Crippen molar-refractivity contribution < 1.29 is 21.6 Å². The van der Waals surface area contributed by atoms with Crippen molar-refractivity contribution in [3.63, 3.8) is 0 Å². The number of hydrogen-bond donors (Lipinski definition) is 1. The fourth-order valence-electron chi connectivity index (χ4n) is 3.89. The average Bonchev–Trinajstić information content (AvgIpc) is 2.87. The Balaban J connectivity index is 1.82. The van der Waals surface area contributed by atoms with E-state index in [0.29, 0.717) is 24.1 Å². The molecule has 28 heavy (non-hydrogen) atoms. The van der Waals surface area contributed by atoms with Crippen molar-refractivity contribution in [2.75, 3.05) is 16.6 Å². The number of nitrogens with one attached hydrogen (secondary N) is 1. The highest BCUT2D eigenvalue weighted by Gasteiger charge is 2.37. The molecule has 1 aromatic rings. The van der Waals surface area contributed by atoms with Gasteiger partial charge in [-0.05, 0) is 69.2 Å². The Morgan fingerprint density at radius 3 is 2.32 bits per heavy atom. The summed E-state index contributed by atoms with van der Waals surface area (Å²) in [7, 11) is -7.42. The minimum absolute atomic E-state index is 0.0577. The quantitative estimate of drug-likeness (QED) is 0.705. The van der Waals surface area contributed by atoms with Crippen LogP contribution in [-0.2, 0) is 24.8 Å². The lowest BCUT2D eigenvalue weighted by atomic mass is 9.97. The molecule has 0 radical (unpaired) electrons. The Morgan fingerprint density at radius 2 is 1.79 bits per heavy atom. The monoisotopic (exact) mass is 426 g/mol. The van der Waals surface area contributed by atoms with E-state index in [1.807, 2.05) is 0 Å². The number of aryl methyl sites for hydroxylation is 2. The van der Waals surface area contributed by atoms with Gasteiger partial charge in [0.05, 0.1) is 16.3 Å². The summed E-state index contributed by atoms with van der Waals surface area (Å²) in [6, 6.07) is 2.90. The van der Waals surface area contributed by atoms with E-state index in [4.69, 9.17) is 0 Å². The Kier molecular flexibility index (Phi) is 5.97. The van der Waals surface area contributed by atoms with Crippen LogP contribution in [0, 0.1) is 13.8 Å². The molecule has 1 aliphatic heterocycles. The molecule has 1 aromatic carbocycles. The molecule has 9 heteroatoms. The number of sulfonamides is 2. The van der Waals surface area contributed by atoms with Gasteiger partial charge in [-0.3, -0.25) is 4.79 Å². The van der Waals surface area contributed by atoms with Crippen LogP contribution in [0.15, 0.2) is 28.7 Å². The molecule has 0 bridgehead atoms.